The summed E-state index contributed by atoms with van der Waals surface area (Å²) < 4.78 is 6.36. The van der Waals surface area contributed by atoms with Crippen LogP contribution in [0.4, 0.5) is 0 Å². The molecule has 1 rings (SSSR count). The Labute approximate surface area is 105 Å². The average Bonchev–Trinajstić information content (AvgIpc) is 2.65. The van der Waals surface area contributed by atoms with Gasteiger partial charge in [0.05, 0.1) is 11.8 Å². The summed E-state index contributed by atoms with van der Waals surface area (Å²) in [5.74, 6) is -1.52. The molecule has 1 amide bonds. The van der Waals surface area contributed by atoms with Crippen molar-refractivity contribution in [3.05, 3.63) is 17.5 Å². The van der Waals surface area contributed by atoms with Gasteiger partial charge in [-0.1, -0.05) is 0 Å². The van der Waals surface area contributed by atoms with E-state index in [0.717, 1.165) is 0 Å². The zero-order valence-electron chi connectivity index (χ0n) is 10.6. The molecule has 0 bridgehead atoms. The fourth-order valence-corrected chi connectivity index (χ4v) is 1.45. The highest BCUT2D eigenvalue weighted by Crippen LogP contribution is 2.06. The summed E-state index contributed by atoms with van der Waals surface area (Å²) >= 11 is 0. The molecule has 0 saturated heterocycles. The van der Waals surface area contributed by atoms with E-state index in [9.17, 15) is 9.59 Å². The van der Waals surface area contributed by atoms with Crippen molar-refractivity contribution in [1.29, 1.82) is 0 Å². The number of amides is 1. The zero-order valence-corrected chi connectivity index (χ0v) is 10.6. The Morgan fingerprint density at radius 2 is 2.28 bits per heavy atom. The normalized spacial score (nSPS) is 12.2. The van der Waals surface area contributed by atoms with Crippen molar-refractivity contribution in [3.63, 3.8) is 0 Å². The van der Waals surface area contributed by atoms with Crippen LogP contribution in [0.3, 0.4) is 0 Å². The number of rotatable bonds is 6. The number of aliphatic carboxylic acids is 1. The molecular weight excluding hydrogens is 238 g/mol. The number of carbonyl (C=O) groups is 2. The molecule has 100 valence electrons. The maximum atomic E-state index is 11.9. The molecule has 1 aromatic rings. The van der Waals surface area contributed by atoms with Crippen LogP contribution in [0, 0.1) is 6.92 Å². The third-order valence-corrected chi connectivity index (χ3v) is 2.69. The second kappa shape index (κ2) is 6.15. The smallest absolute Gasteiger partial charge is 0.326 e. The number of aryl methyl sites for hydroxylation is 1. The monoisotopic (exact) mass is 255 g/mol. The fourth-order valence-electron chi connectivity index (χ4n) is 1.45. The summed E-state index contributed by atoms with van der Waals surface area (Å²) in [6.45, 7) is 2.01. The lowest BCUT2D eigenvalue weighted by Crippen LogP contribution is -2.41. The standard InChI is InChI=1S/C11H17N3O4/c1-7-8(6-12-14(7)2)10(15)13-9(11(16)17)4-5-18-3/h6,9H,4-5H2,1-3H3,(H,13,15)(H,16,17). The summed E-state index contributed by atoms with van der Waals surface area (Å²) in [5.41, 5.74) is 1.06. The lowest BCUT2D eigenvalue weighted by molar-refractivity contribution is -0.139. The van der Waals surface area contributed by atoms with Crippen LogP contribution in [0.25, 0.3) is 0 Å². The van der Waals surface area contributed by atoms with Crippen LogP contribution in [-0.2, 0) is 16.6 Å². The third kappa shape index (κ3) is 3.30. The van der Waals surface area contributed by atoms with Gasteiger partial charge in [0.1, 0.15) is 6.04 Å². The topological polar surface area (TPSA) is 93.5 Å². The Hall–Kier alpha value is -1.89. The fraction of sp³-hybridized carbons (Fsp3) is 0.545. The number of hydrogen-bond donors (Lipinski definition) is 2. The molecule has 2 N–H and O–H groups in total. The number of ether oxygens (including phenoxy) is 1. The molecule has 1 unspecified atom stereocenters. The van der Waals surface area contributed by atoms with Gasteiger partial charge < -0.3 is 15.2 Å². The molecule has 0 saturated carbocycles. The predicted octanol–water partition coefficient (Wildman–Crippen LogP) is -0.0520. The van der Waals surface area contributed by atoms with Crippen molar-refractivity contribution in [2.24, 2.45) is 7.05 Å². The molecule has 18 heavy (non-hydrogen) atoms. The first-order valence-corrected chi connectivity index (χ1v) is 5.48. The molecule has 0 spiro atoms. The van der Waals surface area contributed by atoms with Gasteiger partial charge in [-0.15, -0.1) is 0 Å². The number of nitrogens with zero attached hydrogens (tertiary/aromatic N) is 2. The highest BCUT2D eigenvalue weighted by molar-refractivity contribution is 5.97. The van der Waals surface area contributed by atoms with E-state index >= 15 is 0 Å². The van der Waals surface area contributed by atoms with Crippen LogP contribution in [0.1, 0.15) is 22.5 Å². The van der Waals surface area contributed by atoms with Gasteiger partial charge in [0, 0.05) is 32.9 Å². The molecule has 0 aliphatic rings. The molecule has 1 aromatic heterocycles. The summed E-state index contributed by atoms with van der Waals surface area (Å²) in [5, 5.41) is 15.4. The Balaban J connectivity index is 2.72. The largest absolute Gasteiger partial charge is 0.480 e. The molecule has 7 heteroatoms. The van der Waals surface area contributed by atoms with Crippen LogP contribution in [0.2, 0.25) is 0 Å². The Bertz CT molecular complexity index is 441. The van der Waals surface area contributed by atoms with Crippen molar-refractivity contribution >= 4 is 11.9 Å². The molecule has 0 aromatic carbocycles. The van der Waals surface area contributed by atoms with E-state index < -0.39 is 17.9 Å². The van der Waals surface area contributed by atoms with E-state index in [1.165, 1.54) is 13.3 Å². The number of carboxylic acids is 1. The molecular formula is C11H17N3O4. The lowest BCUT2D eigenvalue weighted by Gasteiger charge is -2.13. The van der Waals surface area contributed by atoms with Crippen molar-refractivity contribution in [3.8, 4) is 0 Å². The summed E-state index contributed by atoms with van der Waals surface area (Å²) in [4.78, 5) is 22.9. The van der Waals surface area contributed by atoms with E-state index in [2.05, 4.69) is 10.4 Å². The second-order valence-corrected chi connectivity index (χ2v) is 3.91. The molecule has 1 heterocycles. The first-order valence-electron chi connectivity index (χ1n) is 5.48. The predicted molar refractivity (Wildman–Crippen MR) is 63.3 cm³/mol. The number of aromatic nitrogens is 2. The van der Waals surface area contributed by atoms with Gasteiger partial charge in [-0.05, 0) is 6.92 Å². The molecule has 1 atom stereocenters. The van der Waals surface area contributed by atoms with Crippen LogP contribution in [0.5, 0.6) is 0 Å². The maximum Gasteiger partial charge on any atom is 0.326 e. The highest BCUT2D eigenvalue weighted by atomic mass is 16.5. The average molecular weight is 255 g/mol. The van der Waals surface area contributed by atoms with Crippen molar-refractivity contribution < 1.29 is 19.4 Å². The Kier molecular flexibility index (Phi) is 4.85. The van der Waals surface area contributed by atoms with E-state index in [4.69, 9.17) is 9.84 Å². The van der Waals surface area contributed by atoms with E-state index in [-0.39, 0.29) is 13.0 Å². The van der Waals surface area contributed by atoms with Gasteiger partial charge in [-0.25, -0.2) is 4.79 Å². The Morgan fingerprint density at radius 1 is 1.61 bits per heavy atom. The van der Waals surface area contributed by atoms with Crippen LogP contribution >= 0.6 is 0 Å². The number of carbonyl (C=O) groups excluding carboxylic acids is 1. The molecule has 0 aliphatic carbocycles. The van der Waals surface area contributed by atoms with Crippen LogP contribution in [-0.4, -0.2) is 46.5 Å². The summed E-state index contributed by atoms with van der Waals surface area (Å²) in [6.07, 6.45) is 1.64. The minimum Gasteiger partial charge on any atom is -0.480 e. The second-order valence-electron chi connectivity index (χ2n) is 3.91. The summed E-state index contributed by atoms with van der Waals surface area (Å²) in [7, 11) is 3.19. The molecule has 0 radical (unpaired) electrons. The number of carboxylic acid groups (broad SMARTS) is 1. The molecule has 0 aliphatic heterocycles. The van der Waals surface area contributed by atoms with Crippen molar-refractivity contribution in [1.82, 2.24) is 15.1 Å². The van der Waals surface area contributed by atoms with E-state index in [1.807, 2.05) is 0 Å². The number of methoxy groups -OCH3 is 1. The van der Waals surface area contributed by atoms with Gasteiger partial charge >= 0.3 is 5.97 Å². The van der Waals surface area contributed by atoms with Crippen molar-refractivity contribution in [2.45, 2.75) is 19.4 Å². The first-order chi connectivity index (χ1) is 8.47. The lowest BCUT2D eigenvalue weighted by atomic mass is 10.2. The van der Waals surface area contributed by atoms with Gasteiger partial charge in [-0.2, -0.15) is 5.10 Å². The summed E-state index contributed by atoms with van der Waals surface area (Å²) in [6, 6.07) is -0.961. The first kappa shape index (κ1) is 14.2. The SMILES string of the molecule is COCCC(NC(=O)c1cnn(C)c1C)C(=O)O. The van der Waals surface area contributed by atoms with Gasteiger partial charge in [0.25, 0.3) is 5.91 Å². The quantitative estimate of drug-likeness (QED) is 0.743. The van der Waals surface area contributed by atoms with Gasteiger partial charge in [0.2, 0.25) is 0 Å². The van der Waals surface area contributed by atoms with Crippen molar-refractivity contribution in [2.75, 3.05) is 13.7 Å². The van der Waals surface area contributed by atoms with E-state index in [0.29, 0.717) is 11.3 Å². The Morgan fingerprint density at radius 3 is 2.72 bits per heavy atom. The number of nitrogens with one attached hydrogen (secondary N) is 1. The number of hydrogen-bond acceptors (Lipinski definition) is 4. The maximum absolute atomic E-state index is 11.9. The minimum absolute atomic E-state index is 0.219. The van der Waals surface area contributed by atoms with Gasteiger partial charge in [-0.3, -0.25) is 9.48 Å². The minimum atomic E-state index is -1.08. The van der Waals surface area contributed by atoms with Crippen LogP contribution in [0.15, 0.2) is 6.20 Å². The molecule has 7 nitrogen and oxygen atoms in total. The molecule has 0 fully saturated rings. The zero-order chi connectivity index (χ0) is 13.7. The van der Waals surface area contributed by atoms with E-state index in [1.54, 1.807) is 18.7 Å². The third-order valence-electron chi connectivity index (χ3n) is 2.69. The van der Waals surface area contributed by atoms with Gasteiger partial charge in [0.15, 0.2) is 0 Å². The van der Waals surface area contributed by atoms with Crippen LogP contribution < -0.4 is 5.32 Å². The highest BCUT2D eigenvalue weighted by Gasteiger charge is 2.22.